The molecular weight excluding hydrogens is 343 g/mol. The molecule has 0 bridgehead atoms. The Kier molecular flexibility index (Phi) is 4.95. The van der Waals surface area contributed by atoms with E-state index in [1.807, 2.05) is 0 Å². The van der Waals surface area contributed by atoms with E-state index in [4.69, 9.17) is 0 Å². The van der Waals surface area contributed by atoms with Crippen molar-refractivity contribution in [2.45, 2.75) is 31.7 Å². The van der Waals surface area contributed by atoms with Crippen LogP contribution in [0.1, 0.15) is 31.9 Å². The van der Waals surface area contributed by atoms with Gasteiger partial charge in [-0.2, -0.15) is 17.6 Å². The summed E-state index contributed by atoms with van der Waals surface area (Å²) in [4.78, 5) is 0. The molecular formula is C12H13BrF3NOS. The zero-order chi connectivity index (χ0) is 14.8. The molecule has 0 aromatic heterocycles. The van der Waals surface area contributed by atoms with Gasteiger partial charge in [0, 0.05) is 16.3 Å². The fourth-order valence-electron chi connectivity index (χ4n) is 1.07. The van der Waals surface area contributed by atoms with Crippen molar-refractivity contribution in [2.24, 2.45) is 4.40 Å². The van der Waals surface area contributed by atoms with Crippen molar-refractivity contribution < 1.29 is 17.4 Å². The third-order valence-electron chi connectivity index (χ3n) is 2.14. The predicted molar refractivity (Wildman–Crippen MR) is 74.6 cm³/mol. The minimum absolute atomic E-state index is 0.261. The van der Waals surface area contributed by atoms with E-state index in [2.05, 4.69) is 20.3 Å². The molecule has 0 amide bonds. The second kappa shape index (κ2) is 5.75. The van der Waals surface area contributed by atoms with Crippen LogP contribution in [0.4, 0.5) is 13.2 Å². The minimum atomic E-state index is -4.38. The van der Waals surface area contributed by atoms with Crippen molar-refractivity contribution in [2.75, 3.05) is 0 Å². The molecule has 0 aliphatic carbocycles. The Morgan fingerprint density at radius 2 is 1.84 bits per heavy atom. The van der Waals surface area contributed by atoms with Gasteiger partial charge in [-0.15, -0.1) is 0 Å². The largest absolute Gasteiger partial charge is 0.416 e. The molecule has 0 spiro atoms. The lowest BCUT2D eigenvalue weighted by atomic mass is 10.1. The molecule has 2 nitrogen and oxygen atoms in total. The summed E-state index contributed by atoms with van der Waals surface area (Å²) in [6.07, 6.45) is -3.07. The maximum Gasteiger partial charge on any atom is 0.416 e. The van der Waals surface area contributed by atoms with Crippen LogP contribution < -0.4 is 0 Å². The van der Waals surface area contributed by atoms with Crippen LogP contribution >= 0.6 is 15.9 Å². The fraction of sp³-hybridized carbons (Fsp3) is 0.417. The first-order valence-electron chi connectivity index (χ1n) is 5.34. The van der Waals surface area contributed by atoms with Gasteiger partial charge in [-0.25, -0.2) is 4.21 Å². The standard InChI is InChI=1S/C12H13BrF3NOS/c1-11(2,3)19(18)17-7-8-4-5-9(6-10(8)13)12(14,15)16/h4-7H,1-3H3/t19-/m0/s1. The third-order valence-corrected chi connectivity index (χ3v) is 4.17. The lowest BCUT2D eigenvalue weighted by Gasteiger charge is -2.13. The molecule has 19 heavy (non-hydrogen) atoms. The van der Waals surface area contributed by atoms with Crippen molar-refractivity contribution in [1.82, 2.24) is 0 Å². The van der Waals surface area contributed by atoms with E-state index in [1.54, 1.807) is 20.8 Å². The SMILES string of the molecule is CC(C)(C)[S@](=O)N=Cc1ccc(C(F)(F)F)cc1Br. The highest BCUT2D eigenvalue weighted by atomic mass is 79.9. The summed E-state index contributed by atoms with van der Waals surface area (Å²) < 4.78 is 52.7. The van der Waals surface area contributed by atoms with E-state index in [1.165, 1.54) is 12.3 Å². The Balaban J connectivity index is 2.99. The molecule has 1 aromatic rings. The lowest BCUT2D eigenvalue weighted by molar-refractivity contribution is -0.137. The van der Waals surface area contributed by atoms with Gasteiger partial charge in [0.05, 0.1) is 10.3 Å². The van der Waals surface area contributed by atoms with Crippen LogP contribution in [0.15, 0.2) is 27.1 Å². The summed E-state index contributed by atoms with van der Waals surface area (Å²) in [6.45, 7) is 5.30. The van der Waals surface area contributed by atoms with Crippen LogP contribution in [-0.2, 0) is 17.2 Å². The zero-order valence-electron chi connectivity index (χ0n) is 10.6. The van der Waals surface area contributed by atoms with Crippen LogP contribution in [0.5, 0.6) is 0 Å². The number of nitrogens with zero attached hydrogens (tertiary/aromatic N) is 1. The summed E-state index contributed by atoms with van der Waals surface area (Å²) >= 11 is 3.05. The second-order valence-electron chi connectivity index (χ2n) is 4.83. The number of hydrogen-bond donors (Lipinski definition) is 0. The molecule has 0 fully saturated rings. The highest BCUT2D eigenvalue weighted by molar-refractivity contribution is 9.10. The number of rotatable bonds is 2. The van der Waals surface area contributed by atoms with Crippen LogP contribution in [0.2, 0.25) is 0 Å². The van der Waals surface area contributed by atoms with E-state index in [0.29, 0.717) is 5.56 Å². The van der Waals surface area contributed by atoms with Gasteiger partial charge in [0.25, 0.3) is 0 Å². The van der Waals surface area contributed by atoms with Crippen LogP contribution in [0.3, 0.4) is 0 Å². The summed E-state index contributed by atoms with van der Waals surface area (Å²) in [6, 6.07) is 3.23. The van der Waals surface area contributed by atoms with Gasteiger partial charge in [-0.05, 0) is 32.9 Å². The van der Waals surface area contributed by atoms with E-state index in [0.717, 1.165) is 12.1 Å². The van der Waals surface area contributed by atoms with Gasteiger partial charge in [-0.1, -0.05) is 22.0 Å². The van der Waals surface area contributed by atoms with E-state index < -0.39 is 27.5 Å². The molecule has 0 aliphatic rings. The van der Waals surface area contributed by atoms with Gasteiger partial charge in [0.2, 0.25) is 0 Å². The van der Waals surface area contributed by atoms with Gasteiger partial charge in [0.15, 0.2) is 0 Å². The predicted octanol–water partition coefficient (Wildman–Crippen LogP) is 4.35. The number of halogens is 4. The Labute approximate surface area is 120 Å². The third kappa shape index (κ3) is 4.72. The van der Waals surface area contributed by atoms with Gasteiger partial charge >= 0.3 is 6.18 Å². The van der Waals surface area contributed by atoms with Crippen molar-refractivity contribution in [3.05, 3.63) is 33.8 Å². The molecule has 0 heterocycles. The molecule has 106 valence electrons. The average molecular weight is 356 g/mol. The fourth-order valence-corrected chi connectivity index (χ4v) is 2.08. The smallest absolute Gasteiger partial charge is 0.234 e. The Bertz CT molecular complexity index is 521. The molecule has 0 saturated heterocycles. The maximum atomic E-state index is 12.5. The molecule has 1 aromatic carbocycles. The average Bonchev–Trinajstić information content (AvgIpc) is 2.24. The normalized spacial score (nSPS) is 14.9. The highest BCUT2D eigenvalue weighted by Crippen LogP contribution is 2.31. The van der Waals surface area contributed by atoms with Crippen molar-refractivity contribution in [1.29, 1.82) is 0 Å². The molecule has 0 saturated carbocycles. The first-order chi connectivity index (χ1) is 8.51. The summed E-state index contributed by atoms with van der Waals surface area (Å²) in [5.74, 6) is 0. The van der Waals surface area contributed by atoms with Crippen molar-refractivity contribution in [3.8, 4) is 0 Å². The molecule has 7 heteroatoms. The molecule has 1 atom stereocenters. The van der Waals surface area contributed by atoms with Crippen molar-refractivity contribution in [3.63, 3.8) is 0 Å². The number of alkyl halides is 3. The summed E-state index contributed by atoms with van der Waals surface area (Å²) in [7, 11) is -1.44. The molecule has 0 N–H and O–H groups in total. The quantitative estimate of drug-likeness (QED) is 0.725. The van der Waals surface area contributed by atoms with Gasteiger partial charge in [-0.3, -0.25) is 0 Å². The minimum Gasteiger partial charge on any atom is -0.234 e. The van der Waals surface area contributed by atoms with Crippen LogP contribution in [-0.4, -0.2) is 15.2 Å². The summed E-state index contributed by atoms with van der Waals surface area (Å²) in [5.41, 5.74) is -0.293. The zero-order valence-corrected chi connectivity index (χ0v) is 13.0. The van der Waals surface area contributed by atoms with E-state index in [-0.39, 0.29) is 4.47 Å². The van der Waals surface area contributed by atoms with Crippen LogP contribution in [0.25, 0.3) is 0 Å². The monoisotopic (exact) mass is 355 g/mol. The van der Waals surface area contributed by atoms with Crippen molar-refractivity contribution >= 4 is 33.1 Å². The highest BCUT2D eigenvalue weighted by Gasteiger charge is 2.30. The summed E-state index contributed by atoms with van der Waals surface area (Å²) in [5, 5.41) is 0. The molecule has 0 radical (unpaired) electrons. The number of hydrogen-bond acceptors (Lipinski definition) is 1. The van der Waals surface area contributed by atoms with E-state index >= 15 is 0 Å². The first-order valence-corrected chi connectivity index (χ1v) is 7.24. The second-order valence-corrected chi connectivity index (χ2v) is 7.62. The maximum absolute atomic E-state index is 12.5. The molecule has 0 aliphatic heterocycles. The first kappa shape index (κ1) is 16.4. The lowest BCUT2D eigenvalue weighted by Crippen LogP contribution is -2.19. The topological polar surface area (TPSA) is 29.4 Å². The Hall–Kier alpha value is -0.690. The molecule has 0 unspecified atom stereocenters. The van der Waals surface area contributed by atoms with Gasteiger partial charge < -0.3 is 0 Å². The van der Waals surface area contributed by atoms with Gasteiger partial charge in [0.1, 0.15) is 11.0 Å². The van der Waals surface area contributed by atoms with E-state index in [9.17, 15) is 17.4 Å². The van der Waals surface area contributed by atoms with Crippen LogP contribution in [0, 0.1) is 0 Å². The number of benzene rings is 1. The Morgan fingerprint density at radius 1 is 1.26 bits per heavy atom. The molecule has 1 rings (SSSR count). The Morgan fingerprint density at radius 3 is 2.26 bits per heavy atom.